The summed E-state index contributed by atoms with van der Waals surface area (Å²) >= 11 is 5.92. The molecule has 0 aliphatic carbocycles. The summed E-state index contributed by atoms with van der Waals surface area (Å²) in [6, 6.07) is 6.84. The Morgan fingerprint density at radius 2 is 2.05 bits per heavy atom. The van der Waals surface area contributed by atoms with Crippen molar-refractivity contribution in [3.05, 3.63) is 41.2 Å². The highest BCUT2D eigenvalue weighted by Gasteiger charge is 2.13. The number of amides is 2. The highest BCUT2D eigenvalue weighted by atomic mass is 35.5. The number of carbonyl (C=O) groups is 2. The van der Waals surface area contributed by atoms with Crippen molar-refractivity contribution < 1.29 is 9.59 Å². The molecule has 8 heteroatoms. The Kier molecular flexibility index (Phi) is 3.90. The molecular formula is C12H12ClN5O2. The number of rotatable bonds is 4. The van der Waals surface area contributed by atoms with E-state index in [1.54, 1.807) is 24.3 Å². The molecule has 0 unspecified atom stereocenters. The first-order valence-electron chi connectivity index (χ1n) is 5.64. The van der Waals surface area contributed by atoms with Crippen molar-refractivity contribution in [3.63, 3.8) is 0 Å². The highest BCUT2D eigenvalue weighted by molar-refractivity contribution is 6.33. The predicted molar refractivity (Wildman–Crippen MR) is 75.2 cm³/mol. The van der Waals surface area contributed by atoms with Crippen LogP contribution in [0.2, 0.25) is 5.02 Å². The average molecular weight is 294 g/mol. The number of primary amides is 1. The smallest absolute Gasteiger partial charge is 0.271 e. The van der Waals surface area contributed by atoms with Crippen LogP contribution in [0, 0.1) is 0 Å². The van der Waals surface area contributed by atoms with E-state index in [0.29, 0.717) is 10.7 Å². The molecule has 0 saturated heterocycles. The van der Waals surface area contributed by atoms with Crippen molar-refractivity contribution in [1.82, 2.24) is 9.78 Å². The van der Waals surface area contributed by atoms with Gasteiger partial charge in [0.1, 0.15) is 6.54 Å². The molecule has 0 radical (unpaired) electrons. The zero-order valence-electron chi connectivity index (χ0n) is 10.3. The molecule has 0 aliphatic heterocycles. The van der Waals surface area contributed by atoms with E-state index in [4.69, 9.17) is 23.1 Å². The molecule has 0 fully saturated rings. The maximum atomic E-state index is 11.8. The lowest BCUT2D eigenvalue weighted by molar-refractivity contribution is -0.116. The van der Waals surface area contributed by atoms with Gasteiger partial charge in [0, 0.05) is 6.20 Å². The summed E-state index contributed by atoms with van der Waals surface area (Å²) in [5.41, 5.74) is 11.2. The maximum Gasteiger partial charge on any atom is 0.271 e. The Labute approximate surface area is 119 Å². The van der Waals surface area contributed by atoms with Gasteiger partial charge in [-0.3, -0.25) is 14.3 Å². The van der Waals surface area contributed by atoms with Gasteiger partial charge < -0.3 is 16.8 Å². The number of benzene rings is 1. The molecule has 0 bridgehead atoms. The molecule has 0 atom stereocenters. The highest BCUT2D eigenvalue weighted by Crippen LogP contribution is 2.20. The zero-order chi connectivity index (χ0) is 14.7. The van der Waals surface area contributed by atoms with Crippen LogP contribution >= 0.6 is 11.6 Å². The summed E-state index contributed by atoms with van der Waals surface area (Å²) in [5, 5.41) is 6.89. The third kappa shape index (κ3) is 3.07. The fourth-order valence-electron chi connectivity index (χ4n) is 1.61. The van der Waals surface area contributed by atoms with Crippen LogP contribution in [0.5, 0.6) is 0 Å². The summed E-state index contributed by atoms with van der Waals surface area (Å²) in [7, 11) is 0. The molecule has 0 saturated carbocycles. The average Bonchev–Trinajstić information content (AvgIpc) is 2.73. The van der Waals surface area contributed by atoms with Gasteiger partial charge in [-0.25, -0.2) is 0 Å². The van der Waals surface area contributed by atoms with Crippen LogP contribution in [0.25, 0.3) is 0 Å². The first-order valence-corrected chi connectivity index (χ1v) is 6.02. The summed E-state index contributed by atoms with van der Waals surface area (Å²) < 4.78 is 1.24. The van der Waals surface area contributed by atoms with Gasteiger partial charge in [0.2, 0.25) is 5.91 Å². The Hall–Kier alpha value is -2.54. The van der Waals surface area contributed by atoms with E-state index in [1.165, 1.54) is 10.9 Å². The number of para-hydroxylation sites is 1. The fourth-order valence-corrected chi connectivity index (χ4v) is 1.79. The van der Waals surface area contributed by atoms with Crippen LogP contribution in [-0.2, 0) is 11.3 Å². The van der Waals surface area contributed by atoms with Gasteiger partial charge in [-0.05, 0) is 12.1 Å². The monoisotopic (exact) mass is 293 g/mol. The van der Waals surface area contributed by atoms with Gasteiger partial charge >= 0.3 is 0 Å². The number of nitrogens with one attached hydrogen (secondary N) is 1. The molecule has 2 amide bonds. The molecule has 1 heterocycles. The van der Waals surface area contributed by atoms with Gasteiger partial charge in [0.25, 0.3) is 5.91 Å². The SMILES string of the molecule is NC(=O)c1nn(CC(=O)Nc2ccccc2Cl)cc1N. The molecule has 0 spiro atoms. The van der Waals surface area contributed by atoms with Crippen molar-refractivity contribution in [1.29, 1.82) is 0 Å². The van der Waals surface area contributed by atoms with E-state index in [1.807, 2.05) is 0 Å². The van der Waals surface area contributed by atoms with Crippen molar-refractivity contribution in [2.45, 2.75) is 6.54 Å². The van der Waals surface area contributed by atoms with E-state index >= 15 is 0 Å². The second-order valence-corrected chi connectivity index (χ2v) is 4.43. The molecule has 2 rings (SSSR count). The Morgan fingerprint density at radius 1 is 1.35 bits per heavy atom. The number of hydrogen-bond donors (Lipinski definition) is 3. The minimum absolute atomic E-state index is 0.0597. The minimum atomic E-state index is -0.743. The molecule has 20 heavy (non-hydrogen) atoms. The van der Waals surface area contributed by atoms with E-state index in [0.717, 1.165) is 0 Å². The predicted octanol–water partition coefficient (Wildman–Crippen LogP) is 0.856. The minimum Gasteiger partial charge on any atom is -0.396 e. The normalized spacial score (nSPS) is 10.2. The Balaban J connectivity index is 2.07. The van der Waals surface area contributed by atoms with Crippen LogP contribution in [0.1, 0.15) is 10.5 Å². The number of hydrogen-bond acceptors (Lipinski definition) is 4. The number of anilines is 2. The van der Waals surface area contributed by atoms with Crippen LogP contribution in [0.4, 0.5) is 11.4 Å². The molecule has 1 aromatic heterocycles. The summed E-state index contributed by atoms with van der Waals surface area (Å²) in [4.78, 5) is 22.8. The molecule has 0 aliphatic rings. The van der Waals surface area contributed by atoms with E-state index in [2.05, 4.69) is 10.4 Å². The third-order valence-corrected chi connectivity index (χ3v) is 2.81. The number of aromatic nitrogens is 2. The number of nitrogen functional groups attached to an aromatic ring is 1. The molecule has 1 aromatic carbocycles. The number of nitrogens with two attached hydrogens (primary N) is 2. The van der Waals surface area contributed by atoms with Crippen molar-refractivity contribution in [2.75, 3.05) is 11.1 Å². The molecular weight excluding hydrogens is 282 g/mol. The topological polar surface area (TPSA) is 116 Å². The van der Waals surface area contributed by atoms with Gasteiger partial charge in [-0.2, -0.15) is 5.10 Å². The molecule has 104 valence electrons. The fraction of sp³-hybridized carbons (Fsp3) is 0.0833. The van der Waals surface area contributed by atoms with E-state index in [-0.39, 0.29) is 23.8 Å². The van der Waals surface area contributed by atoms with Gasteiger partial charge in [-0.1, -0.05) is 23.7 Å². The molecule has 2 aromatic rings. The van der Waals surface area contributed by atoms with Crippen molar-refractivity contribution in [2.24, 2.45) is 5.73 Å². The van der Waals surface area contributed by atoms with E-state index < -0.39 is 5.91 Å². The largest absolute Gasteiger partial charge is 0.396 e. The Bertz CT molecular complexity index is 668. The van der Waals surface area contributed by atoms with Crippen LogP contribution in [0.3, 0.4) is 0 Å². The molecule has 7 nitrogen and oxygen atoms in total. The lowest BCUT2D eigenvalue weighted by Crippen LogP contribution is -2.20. The van der Waals surface area contributed by atoms with Gasteiger partial charge in [-0.15, -0.1) is 0 Å². The standard InChI is InChI=1S/C12H12ClN5O2/c13-7-3-1-2-4-9(7)16-10(19)6-18-5-8(14)11(17-18)12(15)20/h1-5H,6,14H2,(H2,15,20)(H,16,19). The van der Waals surface area contributed by atoms with Crippen molar-refractivity contribution in [3.8, 4) is 0 Å². The van der Waals surface area contributed by atoms with Gasteiger partial charge in [0.15, 0.2) is 5.69 Å². The number of carbonyl (C=O) groups excluding carboxylic acids is 2. The lowest BCUT2D eigenvalue weighted by atomic mass is 10.3. The second-order valence-electron chi connectivity index (χ2n) is 4.02. The van der Waals surface area contributed by atoms with Gasteiger partial charge in [0.05, 0.1) is 16.4 Å². The van der Waals surface area contributed by atoms with Crippen LogP contribution in [-0.4, -0.2) is 21.6 Å². The first-order chi connectivity index (χ1) is 9.47. The summed E-state index contributed by atoms with van der Waals surface area (Å²) in [5.74, 6) is -1.09. The lowest BCUT2D eigenvalue weighted by Gasteiger charge is -2.06. The number of nitrogens with zero attached hydrogens (tertiary/aromatic N) is 2. The van der Waals surface area contributed by atoms with E-state index in [9.17, 15) is 9.59 Å². The summed E-state index contributed by atoms with van der Waals surface area (Å²) in [6.07, 6.45) is 1.37. The maximum absolute atomic E-state index is 11.8. The number of halogens is 1. The van der Waals surface area contributed by atoms with Crippen molar-refractivity contribution >= 4 is 34.8 Å². The first kappa shape index (κ1) is 13.9. The summed E-state index contributed by atoms with van der Waals surface area (Å²) in [6.45, 7) is -0.108. The second kappa shape index (κ2) is 5.62. The zero-order valence-corrected chi connectivity index (χ0v) is 11.1. The van der Waals surface area contributed by atoms with Crippen LogP contribution in [0.15, 0.2) is 30.5 Å². The third-order valence-electron chi connectivity index (χ3n) is 2.48. The Morgan fingerprint density at radius 3 is 2.65 bits per heavy atom. The quantitative estimate of drug-likeness (QED) is 0.775. The molecule has 5 N–H and O–H groups in total. The van der Waals surface area contributed by atoms with Crippen LogP contribution < -0.4 is 16.8 Å².